The fourth-order valence-corrected chi connectivity index (χ4v) is 4.57. The van der Waals surface area contributed by atoms with Crippen LogP contribution < -0.4 is 5.32 Å². The third-order valence-electron chi connectivity index (χ3n) is 4.21. The predicted octanol–water partition coefficient (Wildman–Crippen LogP) is 0.885. The molecule has 0 aromatic rings. The second kappa shape index (κ2) is 6.35. The molecular weight excluding hydrogens is 248 g/mol. The molecule has 2 saturated heterocycles. The van der Waals surface area contributed by atoms with Gasteiger partial charge in [0.25, 0.3) is 0 Å². The van der Waals surface area contributed by atoms with E-state index in [4.69, 9.17) is 0 Å². The van der Waals surface area contributed by atoms with E-state index in [1.165, 1.54) is 19.3 Å². The van der Waals surface area contributed by atoms with Gasteiger partial charge >= 0.3 is 0 Å². The van der Waals surface area contributed by atoms with E-state index in [1.807, 2.05) is 6.92 Å². The standard InChI is InChI=1S/C13H26N2O2S/c1-2-9-18(16,17)10-8-15-7-5-13-12(11-15)4-3-6-14-13/h12-14H,2-11H2,1H3. The van der Waals surface area contributed by atoms with Gasteiger partial charge < -0.3 is 10.2 Å². The maximum Gasteiger partial charge on any atom is 0.151 e. The summed E-state index contributed by atoms with van der Waals surface area (Å²) in [6, 6.07) is 0.683. The summed E-state index contributed by atoms with van der Waals surface area (Å²) >= 11 is 0. The molecule has 2 atom stereocenters. The number of likely N-dealkylation sites (tertiary alicyclic amines) is 1. The lowest BCUT2D eigenvalue weighted by atomic mass is 9.85. The van der Waals surface area contributed by atoms with E-state index < -0.39 is 9.84 Å². The van der Waals surface area contributed by atoms with Crippen molar-refractivity contribution in [2.45, 2.75) is 38.6 Å². The zero-order chi connectivity index (χ0) is 13.0. The molecule has 2 heterocycles. The topological polar surface area (TPSA) is 49.4 Å². The van der Waals surface area contributed by atoms with Gasteiger partial charge in [-0.25, -0.2) is 8.42 Å². The summed E-state index contributed by atoms with van der Waals surface area (Å²) in [7, 11) is -2.82. The quantitative estimate of drug-likeness (QED) is 0.809. The summed E-state index contributed by atoms with van der Waals surface area (Å²) in [6.45, 7) is 5.95. The van der Waals surface area contributed by atoms with Gasteiger partial charge in [-0.2, -0.15) is 0 Å². The van der Waals surface area contributed by atoms with E-state index in [2.05, 4.69) is 10.2 Å². The number of piperidine rings is 2. The van der Waals surface area contributed by atoms with Gasteiger partial charge in [0.1, 0.15) is 0 Å². The smallest absolute Gasteiger partial charge is 0.151 e. The van der Waals surface area contributed by atoms with Gasteiger partial charge in [-0.05, 0) is 44.7 Å². The molecular formula is C13H26N2O2S. The van der Waals surface area contributed by atoms with Crippen molar-refractivity contribution in [3.63, 3.8) is 0 Å². The Morgan fingerprint density at radius 2 is 2.11 bits per heavy atom. The van der Waals surface area contributed by atoms with Gasteiger partial charge in [-0.15, -0.1) is 0 Å². The fraction of sp³-hybridized carbons (Fsp3) is 1.00. The van der Waals surface area contributed by atoms with Gasteiger partial charge in [0, 0.05) is 24.9 Å². The van der Waals surface area contributed by atoms with Crippen molar-refractivity contribution < 1.29 is 8.42 Å². The van der Waals surface area contributed by atoms with Crippen LogP contribution in [0.5, 0.6) is 0 Å². The Balaban J connectivity index is 1.78. The fourth-order valence-electron chi connectivity index (χ4n) is 3.20. The lowest BCUT2D eigenvalue weighted by molar-refractivity contribution is 0.119. The minimum absolute atomic E-state index is 0.339. The number of nitrogens with zero attached hydrogens (tertiary/aromatic N) is 1. The molecule has 0 spiro atoms. The van der Waals surface area contributed by atoms with Gasteiger partial charge in [0.05, 0.1) is 5.75 Å². The molecule has 18 heavy (non-hydrogen) atoms. The summed E-state index contributed by atoms with van der Waals surface area (Å²) in [4.78, 5) is 2.35. The van der Waals surface area contributed by atoms with Crippen molar-refractivity contribution in [3.8, 4) is 0 Å². The van der Waals surface area contributed by atoms with Crippen molar-refractivity contribution in [1.29, 1.82) is 0 Å². The normalized spacial score (nSPS) is 30.1. The molecule has 2 aliphatic heterocycles. The van der Waals surface area contributed by atoms with Crippen molar-refractivity contribution >= 4 is 9.84 Å². The Labute approximate surface area is 111 Å². The van der Waals surface area contributed by atoms with Crippen LogP contribution in [0.4, 0.5) is 0 Å². The Hall–Kier alpha value is -0.130. The van der Waals surface area contributed by atoms with Gasteiger partial charge in [-0.1, -0.05) is 6.92 Å². The number of rotatable bonds is 5. The number of fused-ring (bicyclic) bond motifs is 1. The van der Waals surface area contributed by atoms with E-state index >= 15 is 0 Å². The maximum absolute atomic E-state index is 11.7. The SMILES string of the molecule is CCCS(=O)(=O)CCN1CCC2NCCCC2C1. The lowest BCUT2D eigenvalue weighted by Gasteiger charge is -2.41. The lowest BCUT2D eigenvalue weighted by Crippen LogP contribution is -2.52. The second-order valence-electron chi connectivity index (χ2n) is 5.70. The molecule has 0 radical (unpaired) electrons. The highest BCUT2D eigenvalue weighted by molar-refractivity contribution is 7.91. The van der Waals surface area contributed by atoms with E-state index in [1.54, 1.807) is 0 Å². The first-order valence-electron chi connectivity index (χ1n) is 7.27. The number of hydrogen-bond donors (Lipinski definition) is 1. The largest absolute Gasteiger partial charge is 0.314 e. The molecule has 5 heteroatoms. The summed E-state index contributed by atoms with van der Waals surface area (Å²) < 4.78 is 23.4. The van der Waals surface area contributed by atoms with Crippen molar-refractivity contribution in [2.75, 3.05) is 37.7 Å². The molecule has 0 bridgehead atoms. The van der Waals surface area contributed by atoms with Crippen LogP contribution in [0, 0.1) is 5.92 Å². The minimum atomic E-state index is -2.82. The zero-order valence-corrected chi connectivity index (χ0v) is 12.2. The molecule has 0 saturated carbocycles. The first-order chi connectivity index (χ1) is 8.61. The van der Waals surface area contributed by atoms with E-state index in [9.17, 15) is 8.42 Å². The molecule has 0 amide bonds. The molecule has 0 aromatic heterocycles. The predicted molar refractivity (Wildman–Crippen MR) is 74.5 cm³/mol. The second-order valence-corrected chi connectivity index (χ2v) is 8.01. The minimum Gasteiger partial charge on any atom is -0.314 e. The monoisotopic (exact) mass is 274 g/mol. The zero-order valence-electron chi connectivity index (χ0n) is 11.4. The van der Waals surface area contributed by atoms with E-state index in [-0.39, 0.29) is 0 Å². The highest BCUT2D eigenvalue weighted by Gasteiger charge is 2.30. The third-order valence-corrected chi connectivity index (χ3v) is 6.04. The average Bonchev–Trinajstić information content (AvgIpc) is 2.36. The molecule has 106 valence electrons. The average molecular weight is 274 g/mol. The number of nitrogens with one attached hydrogen (secondary N) is 1. The van der Waals surface area contributed by atoms with Gasteiger partial charge in [0.2, 0.25) is 0 Å². The number of hydrogen-bond acceptors (Lipinski definition) is 4. The van der Waals surface area contributed by atoms with E-state index in [0.717, 1.165) is 38.5 Å². The van der Waals surface area contributed by atoms with Crippen LogP contribution >= 0.6 is 0 Å². The number of sulfone groups is 1. The summed E-state index contributed by atoms with van der Waals surface area (Å²) in [5.74, 6) is 1.42. The molecule has 2 fully saturated rings. The van der Waals surface area contributed by atoms with Gasteiger partial charge in [0.15, 0.2) is 9.84 Å². The Kier molecular flexibility index (Phi) is 5.04. The molecule has 4 nitrogen and oxygen atoms in total. The molecule has 2 unspecified atom stereocenters. The summed E-state index contributed by atoms with van der Waals surface area (Å²) in [5, 5.41) is 3.59. The van der Waals surface area contributed by atoms with Crippen LogP contribution in [0.25, 0.3) is 0 Å². The van der Waals surface area contributed by atoms with Crippen LogP contribution in [0.2, 0.25) is 0 Å². The molecule has 2 rings (SSSR count). The first-order valence-corrected chi connectivity index (χ1v) is 9.09. The van der Waals surface area contributed by atoms with Crippen LogP contribution in [0.1, 0.15) is 32.6 Å². The Morgan fingerprint density at radius 1 is 1.28 bits per heavy atom. The van der Waals surface area contributed by atoms with Crippen LogP contribution in [-0.4, -0.2) is 57.0 Å². The first kappa shape index (κ1) is 14.3. The summed E-state index contributed by atoms with van der Waals surface area (Å²) in [5.41, 5.74) is 0. The molecule has 1 N–H and O–H groups in total. The van der Waals surface area contributed by atoms with Crippen LogP contribution in [-0.2, 0) is 9.84 Å². The molecule has 0 aromatic carbocycles. The maximum atomic E-state index is 11.7. The summed E-state index contributed by atoms with van der Waals surface area (Å²) in [6.07, 6.45) is 4.48. The molecule has 2 aliphatic rings. The highest BCUT2D eigenvalue weighted by atomic mass is 32.2. The van der Waals surface area contributed by atoms with E-state index in [0.29, 0.717) is 17.5 Å². The van der Waals surface area contributed by atoms with Crippen molar-refractivity contribution in [2.24, 2.45) is 5.92 Å². The van der Waals surface area contributed by atoms with Crippen molar-refractivity contribution in [1.82, 2.24) is 10.2 Å². The van der Waals surface area contributed by atoms with Crippen LogP contribution in [0.3, 0.4) is 0 Å². The van der Waals surface area contributed by atoms with Crippen LogP contribution in [0.15, 0.2) is 0 Å². The Morgan fingerprint density at radius 3 is 2.89 bits per heavy atom. The van der Waals surface area contributed by atoms with Crippen molar-refractivity contribution in [3.05, 3.63) is 0 Å². The molecule has 0 aliphatic carbocycles. The third kappa shape index (κ3) is 3.93. The highest BCUT2D eigenvalue weighted by Crippen LogP contribution is 2.24. The Bertz CT molecular complexity index is 356. The van der Waals surface area contributed by atoms with Gasteiger partial charge in [-0.3, -0.25) is 0 Å².